The Kier molecular flexibility index (Phi) is 4.45. The zero-order valence-corrected chi connectivity index (χ0v) is 14.2. The Morgan fingerprint density at radius 2 is 1.75 bits per heavy atom. The van der Waals surface area contributed by atoms with Crippen LogP contribution in [0.4, 0.5) is 11.4 Å². The van der Waals surface area contributed by atoms with E-state index in [4.69, 9.17) is 18.0 Å². The molecular weight excluding hydrogens is 332 g/mol. The summed E-state index contributed by atoms with van der Waals surface area (Å²) in [6, 6.07) is 12.4. The lowest BCUT2D eigenvalue weighted by Gasteiger charge is -2.23. The number of thiocarbonyl (C=S) groups is 1. The number of nitrogens with two attached hydrogens (primary N) is 1. The Bertz CT molecular complexity index is 668. The number of benzene rings is 2. The summed E-state index contributed by atoms with van der Waals surface area (Å²) in [5.41, 5.74) is 11.3. The van der Waals surface area contributed by atoms with Gasteiger partial charge in [-0.15, -0.1) is 0 Å². The first kappa shape index (κ1) is 15.0. The molecule has 0 spiro atoms. The normalized spacial score (nSPS) is 10.4. The average Bonchev–Trinajstić information content (AvgIpc) is 2.37. The Morgan fingerprint density at radius 1 is 1.10 bits per heavy atom. The predicted octanol–water partition coefficient (Wildman–Crippen LogP) is 4.47. The summed E-state index contributed by atoms with van der Waals surface area (Å²) in [5.74, 6) is 0. The average molecular weight is 349 g/mol. The molecule has 2 aromatic carbocycles. The number of nitrogens with zero attached hydrogens (tertiary/aromatic N) is 1. The van der Waals surface area contributed by atoms with E-state index in [0.717, 1.165) is 15.7 Å². The first-order chi connectivity index (χ1) is 9.40. The summed E-state index contributed by atoms with van der Waals surface area (Å²) < 4.78 is 0.977. The molecule has 0 radical (unpaired) electrons. The van der Waals surface area contributed by atoms with E-state index in [9.17, 15) is 0 Å². The molecule has 0 atom stereocenters. The second kappa shape index (κ2) is 5.94. The van der Waals surface area contributed by atoms with Crippen LogP contribution in [0.15, 0.2) is 40.9 Å². The van der Waals surface area contributed by atoms with Crippen LogP contribution in [-0.2, 0) is 0 Å². The van der Waals surface area contributed by atoms with Crippen LogP contribution >= 0.6 is 28.1 Å². The summed E-state index contributed by atoms with van der Waals surface area (Å²) in [4.78, 5) is 2.56. The van der Waals surface area contributed by atoms with Crippen LogP contribution < -0.4 is 10.6 Å². The SMILES string of the molecule is Cc1ccc(N(C)c2ccc(C(N)=S)cc2Br)c(C)c1. The molecule has 20 heavy (non-hydrogen) atoms. The van der Waals surface area contributed by atoms with Crippen LogP contribution in [0.25, 0.3) is 0 Å². The third kappa shape index (κ3) is 3.02. The lowest BCUT2D eigenvalue weighted by Crippen LogP contribution is -2.13. The fourth-order valence-corrected chi connectivity index (χ4v) is 3.02. The van der Waals surface area contributed by atoms with Gasteiger partial charge in [-0.25, -0.2) is 0 Å². The van der Waals surface area contributed by atoms with Gasteiger partial charge in [0.05, 0.1) is 5.69 Å². The molecule has 2 N–H and O–H groups in total. The lowest BCUT2D eigenvalue weighted by atomic mass is 10.1. The van der Waals surface area contributed by atoms with Crippen molar-refractivity contribution in [3.8, 4) is 0 Å². The number of hydrogen-bond donors (Lipinski definition) is 1. The zero-order chi connectivity index (χ0) is 14.9. The number of aryl methyl sites for hydroxylation is 2. The van der Waals surface area contributed by atoms with Crippen LogP contribution in [0, 0.1) is 13.8 Å². The maximum absolute atomic E-state index is 5.66. The quantitative estimate of drug-likeness (QED) is 0.829. The van der Waals surface area contributed by atoms with Crippen LogP contribution in [0.3, 0.4) is 0 Å². The molecule has 0 aliphatic carbocycles. The van der Waals surface area contributed by atoms with Crippen molar-refractivity contribution in [3.63, 3.8) is 0 Å². The van der Waals surface area contributed by atoms with Crippen molar-refractivity contribution in [3.05, 3.63) is 57.6 Å². The molecule has 0 unspecified atom stereocenters. The van der Waals surface area contributed by atoms with Gasteiger partial charge < -0.3 is 10.6 Å². The van der Waals surface area contributed by atoms with Gasteiger partial charge in [0, 0.05) is 22.8 Å². The molecule has 2 aromatic rings. The highest BCUT2D eigenvalue weighted by molar-refractivity contribution is 9.10. The van der Waals surface area contributed by atoms with E-state index in [2.05, 4.69) is 59.9 Å². The van der Waals surface area contributed by atoms with E-state index in [1.54, 1.807) is 0 Å². The molecule has 0 aliphatic heterocycles. The van der Waals surface area contributed by atoms with Crippen molar-refractivity contribution < 1.29 is 0 Å². The first-order valence-electron chi connectivity index (χ1n) is 6.30. The molecule has 104 valence electrons. The van der Waals surface area contributed by atoms with Crippen molar-refractivity contribution >= 4 is 44.5 Å². The molecule has 0 fully saturated rings. The molecule has 0 saturated carbocycles. The number of hydrogen-bond acceptors (Lipinski definition) is 2. The maximum Gasteiger partial charge on any atom is 0.104 e. The van der Waals surface area contributed by atoms with E-state index in [0.29, 0.717) is 4.99 Å². The Morgan fingerprint density at radius 3 is 2.30 bits per heavy atom. The first-order valence-corrected chi connectivity index (χ1v) is 7.50. The fourth-order valence-electron chi connectivity index (χ4n) is 2.24. The van der Waals surface area contributed by atoms with E-state index >= 15 is 0 Å². The lowest BCUT2D eigenvalue weighted by molar-refractivity contribution is 1.17. The Labute approximate surface area is 133 Å². The molecule has 2 nitrogen and oxygen atoms in total. The van der Waals surface area contributed by atoms with E-state index in [-0.39, 0.29) is 0 Å². The summed E-state index contributed by atoms with van der Waals surface area (Å²) in [7, 11) is 2.05. The molecule has 0 saturated heterocycles. The molecule has 0 aliphatic rings. The van der Waals surface area contributed by atoms with Crippen molar-refractivity contribution in [2.45, 2.75) is 13.8 Å². The van der Waals surface area contributed by atoms with Gasteiger partial charge in [-0.2, -0.15) is 0 Å². The number of anilines is 2. The topological polar surface area (TPSA) is 29.3 Å². The van der Waals surface area contributed by atoms with E-state index in [1.807, 2.05) is 18.2 Å². The van der Waals surface area contributed by atoms with Crippen LogP contribution in [0.5, 0.6) is 0 Å². The standard InChI is InChI=1S/C16H17BrN2S/c1-10-4-6-14(11(2)8-10)19(3)15-7-5-12(16(18)20)9-13(15)17/h4-9H,1-3H3,(H2,18,20). The van der Waals surface area contributed by atoms with Crippen molar-refractivity contribution in [1.82, 2.24) is 0 Å². The Hall–Kier alpha value is -1.39. The van der Waals surface area contributed by atoms with Gasteiger partial charge >= 0.3 is 0 Å². The highest BCUT2D eigenvalue weighted by Gasteiger charge is 2.11. The maximum atomic E-state index is 5.66. The zero-order valence-electron chi connectivity index (χ0n) is 11.8. The van der Waals surface area contributed by atoms with E-state index in [1.165, 1.54) is 16.8 Å². The van der Waals surface area contributed by atoms with Gasteiger partial charge in [0.25, 0.3) is 0 Å². The van der Waals surface area contributed by atoms with Gasteiger partial charge in [-0.3, -0.25) is 0 Å². The van der Waals surface area contributed by atoms with Gasteiger partial charge in [0.2, 0.25) is 0 Å². The molecule has 0 amide bonds. The molecular formula is C16H17BrN2S. The highest BCUT2D eigenvalue weighted by atomic mass is 79.9. The van der Waals surface area contributed by atoms with E-state index < -0.39 is 0 Å². The minimum absolute atomic E-state index is 0.409. The summed E-state index contributed by atoms with van der Waals surface area (Å²) in [6.45, 7) is 4.22. The van der Waals surface area contributed by atoms with Crippen LogP contribution in [-0.4, -0.2) is 12.0 Å². The van der Waals surface area contributed by atoms with Gasteiger partial charge in [-0.1, -0.05) is 29.9 Å². The Balaban J connectivity index is 2.43. The highest BCUT2D eigenvalue weighted by Crippen LogP contribution is 2.33. The van der Waals surface area contributed by atoms with Gasteiger partial charge in [0.1, 0.15) is 4.99 Å². The molecule has 0 heterocycles. The van der Waals surface area contributed by atoms with Gasteiger partial charge in [0.15, 0.2) is 0 Å². The summed E-state index contributed by atoms with van der Waals surface area (Å²) >= 11 is 8.60. The van der Waals surface area contributed by atoms with Crippen molar-refractivity contribution in [2.24, 2.45) is 5.73 Å². The second-order valence-corrected chi connectivity index (χ2v) is 6.17. The smallest absolute Gasteiger partial charge is 0.104 e. The predicted molar refractivity (Wildman–Crippen MR) is 94.0 cm³/mol. The fraction of sp³-hybridized carbons (Fsp3) is 0.188. The minimum atomic E-state index is 0.409. The molecule has 0 aromatic heterocycles. The van der Waals surface area contributed by atoms with Crippen molar-refractivity contribution in [2.75, 3.05) is 11.9 Å². The monoisotopic (exact) mass is 348 g/mol. The second-order valence-electron chi connectivity index (χ2n) is 4.88. The van der Waals surface area contributed by atoms with Crippen LogP contribution in [0.1, 0.15) is 16.7 Å². The molecule has 0 bridgehead atoms. The third-order valence-electron chi connectivity index (χ3n) is 3.31. The summed E-state index contributed by atoms with van der Waals surface area (Å²) in [5, 5.41) is 0. The number of halogens is 1. The number of rotatable bonds is 3. The largest absolute Gasteiger partial charge is 0.389 e. The van der Waals surface area contributed by atoms with Crippen LogP contribution in [0.2, 0.25) is 0 Å². The molecule has 2 rings (SSSR count). The minimum Gasteiger partial charge on any atom is -0.389 e. The van der Waals surface area contributed by atoms with Crippen molar-refractivity contribution in [1.29, 1.82) is 0 Å². The molecule has 4 heteroatoms. The summed E-state index contributed by atoms with van der Waals surface area (Å²) in [6.07, 6.45) is 0. The van der Waals surface area contributed by atoms with Gasteiger partial charge in [-0.05, 0) is 59.6 Å². The third-order valence-corrected chi connectivity index (χ3v) is 4.18.